The number of ether oxygens (including phenoxy) is 1. The van der Waals surface area contributed by atoms with Crippen LogP contribution in [0.5, 0.6) is 5.75 Å². The Balaban J connectivity index is 2.03. The largest absolute Gasteiger partial charge is 0.425 e. The number of nitrogens with two attached hydrogens (primary N) is 1. The quantitative estimate of drug-likeness (QED) is 0.444. The summed E-state index contributed by atoms with van der Waals surface area (Å²) in [6.07, 6.45) is 2.01. The topological polar surface area (TPSA) is 81.4 Å². The maximum Gasteiger partial charge on any atom is 0.334 e. The van der Waals surface area contributed by atoms with E-state index in [1.807, 2.05) is 12.1 Å². The fraction of sp³-hybridized carbons (Fsp3) is 0.263. The van der Waals surface area contributed by atoms with Gasteiger partial charge in [0.25, 0.3) is 5.91 Å². The van der Waals surface area contributed by atoms with Crippen LogP contribution in [0.4, 0.5) is 0 Å². The maximum atomic E-state index is 12.4. The molecule has 126 valence electrons. The third kappa shape index (κ3) is 5.52. The van der Waals surface area contributed by atoms with Gasteiger partial charge in [0.15, 0.2) is 0 Å². The fourth-order valence-corrected chi connectivity index (χ4v) is 2.25. The van der Waals surface area contributed by atoms with Crippen LogP contribution in [0.25, 0.3) is 0 Å². The number of para-hydroxylation sites is 1. The minimum atomic E-state index is -0.704. The number of hydrogen-bond acceptors (Lipinski definition) is 4. The van der Waals surface area contributed by atoms with Gasteiger partial charge < -0.3 is 15.8 Å². The monoisotopic (exact) mass is 326 g/mol. The summed E-state index contributed by atoms with van der Waals surface area (Å²) in [5.41, 5.74) is 6.01. The molecule has 5 heteroatoms. The van der Waals surface area contributed by atoms with E-state index >= 15 is 0 Å². The average molecular weight is 326 g/mol. The van der Waals surface area contributed by atoms with Gasteiger partial charge in [0.1, 0.15) is 11.8 Å². The van der Waals surface area contributed by atoms with E-state index in [9.17, 15) is 9.59 Å². The van der Waals surface area contributed by atoms with Gasteiger partial charge in [0, 0.05) is 5.56 Å². The van der Waals surface area contributed by atoms with E-state index in [1.165, 1.54) is 0 Å². The number of unbranched alkanes of at least 4 members (excludes halogenated alkanes) is 1. The van der Waals surface area contributed by atoms with Crippen molar-refractivity contribution in [3.05, 3.63) is 66.2 Å². The van der Waals surface area contributed by atoms with Crippen LogP contribution >= 0.6 is 0 Å². The first kappa shape index (κ1) is 17.7. The van der Waals surface area contributed by atoms with Crippen molar-refractivity contribution in [3.63, 3.8) is 0 Å². The predicted octanol–water partition coefficient (Wildman–Crippen LogP) is 2.52. The Hall–Kier alpha value is -2.66. The Labute approximate surface area is 141 Å². The third-order valence-electron chi connectivity index (χ3n) is 3.53. The summed E-state index contributed by atoms with van der Waals surface area (Å²) >= 11 is 0. The molecule has 0 heterocycles. The fourth-order valence-electron chi connectivity index (χ4n) is 2.25. The lowest BCUT2D eigenvalue weighted by molar-refractivity contribution is -0.136. The molecule has 0 unspecified atom stereocenters. The minimum Gasteiger partial charge on any atom is -0.425 e. The summed E-state index contributed by atoms with van der Waals surface area (Å²) in [5.74, 6) is -0.304. The van der Waals surface area contributed by atoms with Crippen molar-refractivity contribution >= 4 is 11.9 Å². The molecular weight excluding hydrogens is 304 g/mol. The summed E-state index contributed by atoms with van der Waals surface area (Å²) in [7, 11) is 0. The maximum absolute atomic E-state index is 12.4. The number of amides is 1. The van der Waals surface area contributed by atoms with E-state index in [0.717, 1.165) is 12.8 Å². The second kappa shape index (κ2) is 9.47. The summed E-state index contributed by atoms with van der Waals surface area (Å²) in [6, 6.07) is 16.9. The molecule has 2 aromatic carbocycles. The highest BCUT2D eigenvalue weighted by Gasteiger charge is 2.23. The number of rotatable bonds is 8. The van der Waals surface area contributed by atoms with E-state index in [-0.39, 0.29) is 5.91 Å². The Morgan fingerprint density at radius 3 is 2.21 bits per heavy atom. The molecule has 0 radical (unpaired) electrons. The molecule has 2 aromatic rings. The number of hydrogen-bond donors (Lipinski definition) is 2. The summed E-state index contributed by atoms with van der Waals surface area (Å²) in [4.78, 5) is 24.7. The van der Waals surface area contributed by atoms with Crippen LogP contribution in [-0.2, 0) is 4.79 Å². The highest BCUT2D eigenvalue weighted by molar-refractivity contribution is 5.96. The molecule has 0 aliphatic carbocycles. The first-order chi connectivity index (χ1) is 11.7. The number of esters is 1. The van der Waals surface area contributed by atoms with Crippen molar-refractivity contribution in [2.24, 2.45) is 5.73 Å². The van der Waals surface area contributed by atoms with Crippen LogP contribution in [0, 0.1) is 0 Å². The molecule has 24 heavy (non-hydrogen) atoms. The number of nitrogens with one attached hydrogen (secondary N) is 1. The molecule has 0 aliphatic rings. The van der Waals surface area contributed by atoms with Gasteiger partial charge >= 0.3 is 5.97 Å². The lowest BCUT2D eigenvalue weighted by Gasteiger charge is -2.17. The normalized spacial score (nSPS) is 11.5. The first-order valence-corrected chi connectivity index (χ1v) is 8.03. The number of benzene rings is 2. The van der Waals surface area contributed by atoms with Crippen LogP contribution in [0.3, 0.4) is 0 Å². The zero-order valence-corrected chi connectivity index (χ0v) is 13.5. The van der Waals surface area contributed by atoms with E-state index in [4.69, 9.17) is 10.5 Å². The Kier molecular flexibility index (Phi) is 6.98. The van der Waals surface area contributed by atoms with Gasteiger partial charge in [-0.3, -0.25) is 4.79 Å². The van der Waals surface area contributed by atoms with Crippen molar-refractivity contribution < 1.29 is 14.3 Å². The van der Waals surface area contributed by atoms with Crippen molar-refractivity contribution in [1.82, 2.24) is 5.32 Å². The molecule has 3 N–H and O–H groups in total. The van der Waals surface area contributed by atoms with Gasteiger partial charge in [-0.15, -0.1) is 0 Å². The van der Waals surface area contributed by atoms with Crippen LogP contribution in [0.1, 0.15) is 29.6 Å². The van der Waals surface area contributed by atoms with E-state index < -0.39 is 12.0 Å². The van der Waals surface area contributed by atoms with Crippen LogP contribution in [-0.4, -0.2) is 24.5 Å². The molecule has 0 fully saturated rings. The average Bonchev–Trinajstić information content (AvgIpc) is 2.62. The van der Waals surface area contributed by atoms with E-state index in [2.05, 4.69) is 5.32 Å². The SMILES string of the molecule is NCCCC[C@@H](NC(=O)c1ccccc1)C(=O)Oc1ccccc1. The summed E-state index contributed by atoms with van der Waals surface area (Å²) < 4.78 is 5.36. The molecule has 0 saturated carbocycles. The van der Waals surface area contributed by atoms with E-state index in [0.29, 0.717) is 24.3 Å². The first-order valence-electron chi connectivity index (χ1n) is 8.03. The molecule has 1 atom stereocenters. The van der Waals surface area contributed by atoms with Gasteiger partial charge in [-0.05, 0) is 50.1 Å². The third-order valence-corrected chi connectivity index (χ3v) is 3.53. The second-order valence-corrected chi connectivity index (χ2v) is 5.41. The number of carbonyl (C=O) groups excluding carboxylic acids is 2. The highest BCUT2D eigenvalue weighted by atomic mass is 16.5. The summed E-state index contributed by atoms with van der Waals surface area (Å²) in [6.45, 7) is 0.549. The van der Waals surface area contributed by atoms with Crippen molar-refractivity contribution in [2.75, 3.05) is 6.54 Å². The zero-order chi connectivity index (χ0) is 17.2. The molecule has 0 saturated heterocycles. The van der Waals surface area contributed by atoms with E-state index in [1.54, 1.807) is 48.5 Å². The molecule has 1 amide bonds. The molecule has 2 rings (SSSR count). The second-order valence-electron chi connectivity index (χ2n) is 5.41. The van der Waals surface area contributed by atoms with Gasteiger partial charge in [-0.1, -0.05) is 36.4 Å². The van der Waals surface area contributed by atoms with Crippen LogP contribution < -0.4 is 15.8 Å². The Morgan fingerprint density at radius 2 is 1.58 bits per heavy atom. The molecule has 0 spiro atoms. The minimum absolute atomic E-state index is 0.293. The lowest BCUT2D eigenvalue weighted by Crippen LogP contribution is -2.43. The lowest BCUT2D eigenvalue weighted by atomic mass is 10.1. The van der Waals surface area contributed by atoms with Crippen LogP contribution in [0.15, 0.2) is 60.7 Å². The number of carbonyl (C=O) groups is 2. The smallest absolute Gasteiger partial charge is 0.334 e. The van der Waals surface area contributed by atoms with Gasteiger partial charge in [-0.25, -0.2) is 4.79 Å². The van der Waals surface area contributed by atoms with Crippen molar-refractivity contribution in [3.8, 4) is 5.75 Å². The highest BCUT2D eigenvalue weighted by Crippen LogP contribution is 2.12. The van der Waals surface area contributed by atoms with Crippen LogP contribution in [0.2, 0.25) is 0 Å². The van der Waals surface area contributed by atoms with Crippen molar-refractivity contribution in [1.29, 1.82) is 0 Å². The van der Waals surface area contributed by atoms with Gasteiger partial charge in [0.05, 0.1) is 0 Å². The predicted molar refractivity (Wildman–Crippen MR) is 92.7 cm³/mol. The molecule has 0 aromatic heterocycles. The Bertz CT molecular complexity index is 644. The molecule has 0 bridgehead atoms. The Morgan fingerprint density at radius 1 is 0.958 bits per heavy atom. The van der Waals surface area contributed by atoms with Gasteiger partial charge in [0.2, 0.25) is 0 Å². The summed E-state index contributed by atoms with van der Waals surface area (Å²) in [5, 5.41) is 2.76. The molecule has 5 nitrogen and oxygen atoms in total. The van der Waals surface area contributed by atoms with Crippen molar-refractivity contribution in [2.45, 2.75) is 25.3 Å². The standard InChI is InChI=1S/C19H22N2O3/c20-14-8-7-13-17(19(23)24-16-11-5-2-6-12-16)21-18(22)15-9-3-1-4-10-15/h1-6,9-12,17H,7-8,13-14,20H2,(H,21,22)/t17-/m1/s1. The van der Waals surface area contributed by atoms with Gasteiger partial charge in [-0.2, -0.15) is 0 Å². The molecular formula is C19H22N2O3. The molecule has 0 aliphatic heterocycles. The zero-order valence-electron chi connectivity index (χ0n) is 13.5.